The zero-order chi connectivity index (χ0) is 14.7. The van der Waals surface area contributed by atoms with Gasteiger partial charge in [-0.15, -0.1) is 0 Å². The van der Waals surface area contributed by atoms with Gasteiger partial charge in [0.1, 0.15) is 0 Å². The van der Waals surface area contributed by atoms with Crippen molar-refractivity contribution < 1.29 is 4.92 Å². The molecule has 2 aromatic heterocycles. The van der Waals surface area contributed by atoms with Gasteiger partial charge in [0.15, 0.2) is 0 Å². The number of piperazine rings is 1. The second-order valence-electron chi connectivity index (χ2n) is 5.00. The van der Waals surface area contributed by atoms with Crippen LogP contribution in [0.3, 0.4) is 0 Å². The summed E-state index contributed by atoms with van der Waals surface area (Å²) in [7, 11) is 0. The third-order valence-corrected chi connectivity index (χ3v) is 4.35. The fraction of sp³-hybridized carbons (Fsp3) is 0.357. The first kappa shape index (κ1) is 14.0. The van der Waals surface area contributed by atoms with E-state index in [-0.39, 0.29) is 10.6 Å². The van der Waals surface area contributed by atoms with Gasteiger partial charge in [-0.05, 0) is 28.5 Å². The molecule has 3 rings (SSSR count). The molecule has 0 aliphatic carbocycles. The van der Waals surface area contributed by atoms with Crippen LogP contribution >= 0.6 is 11.3 Å². The van der Waals surface area contributed by atoms with Crippen LogP contribution in [0.1, 0.15) is 5.56 Å². The Morgan fingerprint density at radius 1 is 1.29 bits per heavy atom. The summed E-state index contributed by atoms with van der Waals surface area (Å²) >= 11 is 1.71. The van der Waals surface area contributed by atoms with Crippen LogP contribution in [-0.4, -0.2) is 41.0 Å². The van der Waals surface area contributed by atoms with Crippen LogP contribution in [0.2, 0.25) is 0 Å². The van der Waals surface area contributed by atoms with E-state index in [0.29, 0.717) is 5.82 Å². The maximum absolute atomic E-state index is 11.1. The van der Waals surface area contributed by atoms with Gasteiger partial charge in [-0.25, -0.2) is 4.98 Å². The van der Waals surface area contributed by atoms with Crippen molar-refractivity contribution >= 4 is 22.8 Å². The summed E-state index contributed by atoms with van der Waals surface area (Å²) in [6, 6.07) is 5.26. The highest BCUT2D eigenvalue weighted by Gasteiger charge is 2.24. The average molecular weight is 304 g/mol. The maximum Gasteiger partial charge on any atom is 0.311 e. The van der Waals surface area contributed by atoms with Crippen molar-refractivity contribution in [1.29, 1.82) is 0 Å². The Kier molecular flexibility index (Phi) is 4.12. The number of aromatic nitrogens is 1. The number of thiophene rings is 1. The van der Waals surface area contributed by atoms with E-state index in [1.165, 1.54) is 11.6 Å². The lowest BCUT2D eigenvalue weighted by atomic mass is 10.2. The lowest BCUT2D eigenvalue weighted by molar-refractivity contribution is -0.384. The van der Waals surface area contributed by atoms with E-state index in [9.17, 15) is 10.1 Å². The second kappa shape index (κ2) is 6.19. The Labute approximate surface area is 126 Å². The van der Waals surface area contributed by atoms with E-state index < -0.39 is 0 Å². The van der Waals surface area contributed by atoms with Crippen LogP contribution in [0.5, 0.6) is 0 Å². The molecule has 0 spiro atoms. The molecule has 2 aromatic rings. The summed E-state index contributed by atoms with van der Waals surface area (Å²) in [6.45, 7) is 4.26. The number of rotatable bonds is 4. The molecule has 0 unspecified atom stereocenters. The molecule has 6 nitrogen and oxygen atoms in total. The minimum atomic E-state index is -0.361. The van der Waals surface area contributed by atoms with Crippen molar-refractivity contribution in [1.82, 2.24) is 9.88 Å². The Hall–Kier alpha value is -1.99. The quantitative estimate of drug-likeness (QED) is 0.641. The Bertz CT molecular complexity index is 609. The third-order valence-electron chi connectivity index (χ3n) is 3.62. The third kappa shape index (κ3) is 3.20. The molecule has 3 heterocycles. The van der Waals surface area contributed by atoms with Crippen LogP contribution in [-0.2, 0) is 6.54 Å². The van der Waals surface area contributed by atoms with Gasteiger partial charge < -0.3 is 4.90 Å². The summed E-state index contributed by atoms with van der Waals surface area (Å²) in [6.07, 6.45) is 1.61. The summed E-state index contributed by atoms with van der Waals surface area (Å²) in [5, 5.41) is 15.3. The number of pyridine rings is 1. The van der Waals surface area contributed by atoms with Crippen molar-refractivity contribution in [2.75, 3.05) is 31.1 Å². The zero-order valence-electron chi connectivity index (χ0n) is 11.5. The van der Waals surface area contributed by atoms with Crippen molar-refractivity contribution in [2.24, 2.45) is 0 Å². The second-order valence-corrected chi connectivity index (χ2v) is 5.78. The van der Waals surface area contributed by atoms with E-state index >= 15 is 0 Å². The lowest BCUT2D eigenvalue weighted by Gasteiger charge is -2.34. The molecular formula is C14H16N4O2S. The van der Waals surface area contributed by atoms with Crippen molar-refractivity contribution in [3.05, 3.63) is 50.8 Å². The van der Waals surface area contributed by atoms with Gasteiger partial charge in [-0.1, -0.05) is 0 Å². The topological polar surface area (TPSA) is 62.5 Å². The first-order valence-electron chi connectivity index (χ1n) is 6.82. The molecule has 0 radical (unpaired) electrons. The largest absolute Gasteiger partial charge is 0.348 e. The van der Waals surface area contributed by atoms with Gasteiger partial charge in [0, 0.05) is 45.0 Å². The van der Waals surface area contributed by atoms with Crippen LogP contribution in [0.4, 0.5) is 11.5 Å². The normalized spacial score (nSPS) is 16.1. The average Bonchev–Trinajstić information content (AvgIpc) is 3.01. The van der Waals surface area contributed by atoms with E-state index in [1.807, 2.05) is 4.90 Å². The molecule has 7 heteroatoms. The number of hydrogen-bond acceptors (Lipinski definition) is 6. The lowest BCUT2D eigenvalue weighted by Crippen LogP contribution is -2.46. The minimum Gasteiger partial charge on any atom is -0.348 e. The van der Waals surface area contributed by atoms with Gasteiger partial charge in [0.05, 0.1) is 4.92 Å². The highest BCUT2D eigenvalue weighted by molar-refractivity contribution is 7.07. The minimum absolute atomic E-state index is 0.0868. The van der Waals surface area contributed by atoms with E-state index in [2.05, 4.69) is 26.7 Å². The van der Waals surface area contributed by atoms with Crippen molar-refractivity contribution in [2.45, 2.75) is 6.54 Å². The Morgan fingerprint density at radius 2 is 2.10 bits per heavy atom. The monoisotopic (exact) mass is 304 g/mol. The first-order chi connectivity index (χ1) is 10.2. The summed E-state index contributed by atoms with van der Waals surface area (Å²) in [4.78, 5) is 19.3. The molecule has 21 heavy (non-hydrogen) atoms. The molecule has 0 saturated carbocycles. The van der Waals surface area contributed by atoms with Crippen LogP contribution < -0.4 is 4.90 Å². The predicted octanol–water partition coefficient (Wildman–Crippen LogP) is 2.37. The molecule has 0 N–H and O–H groups in total. The molecule has 0 aromatic carbocycles. The van der Waals surface area contributed by atoms with E-state index in [4.69, 9.17) is 0 Å². The molecule has 110 valence electrons. The zero-order valence-corrected chi connectivity index (χ0v) is 12.3. The van der Waals surface area contributed by atoms with Gasteiger partial charge in [0.25, 0.3) is 0 Å². The fourth-order valence-corrected chi connectivity index (χ4v) is 3.19. The maximum atomic E-state index is 11.1. The Balaban J connectivity index is 1.64. The number of hydrogen-bond donors (Lipinski definition) is 0. The van der Waals surface area contributed by atoms with Gasteiger partial charge in [-0.2, -0.15) is 11.3 Å². The SMILES string of the molecule is O=[N+]([O-])c1cccnc1N1CCN(Cc2ccsc2)CC1. The van der Waals surface area contributed by atoms with Gasteiger partial charge in [-0.3, -0.25) is 15.0 Å². The highest BCUT2D eigenvalue weighted by atomic mass is 32.1. The molecule has 1 aliphatic heterocycles. The molecular weight excluding hydrogens is 288 g/mol. The molecule has 0 amide bonds. The van der Waals surface area contributed by atoms with Crippen LogP contribution in [0.15, 0.2) is 35.2 Å². The van der Waals surface area contributed by atoms with E-state index in [1.54, 1.807) is 23.6 Å². The molecule has 0 atom stereocenters. The van der Waals surface area contributed by atoms with E-state index in [0.717, 1.165) is 32.7 Å². The van der Waals surface area contributed by atoms with Crippen molar-refractivity contribution in [3.63, 3.8) is 0 Å². The van der Waals surface area contributed by atoms with Crippen LogP contribution in [0, 0.1) is 10.1 Å². The molecule has 1 aliphatic rings. The molecule has 0 bridgehead atoms. The summed E-state index contributed by atoms with van der Waals surface area (Å²) in [5.74, 6) is 0.484. The first-order valence-corrected chi connectivity index (χ1v) is 7.76. The summed E-state index contributed by atoms with van der Waals surface area (Å²) < 4.78 is 0. The number of anilines is 1. The smallest absolute Gasteiger partial charge is 0.311 e. The molecule has 1 saturated heterocycles. The summed E-state index contributed by atoms with van der Waals surface area (Å²) in [5.41, 5.74) is 1.42. The predicted molar refractivity (Wildman–Crippen MR) is 82.7 cm³/mol. The van der Waals surface area contributed by atoms with Gasteiger partial charge in [0.2, 0.25) is 5.82 Å². The molecule has 1 fully saturated rings. The van der Waals surface area contributed by atoms with Crippen molar-refractivity contribution in [3.8, 4) is 0 Å². The number of nitrogens with zero attached hydrogens (tertiary/aromatic N) is 4. The fourth-order valence-electron chi connectivity index (χ4n) is 2.53. The highest BCUT2D eigenvalue weighted by Crippen LogP contribution is 2.25. The number of nitro groups is 1. The van der Waals surface area contributed by atoms with Crippen LogP contribution in [0.25, 0.3) is 0 Å². The standard InChI is InChI=1S/C14H16N4O2S/c19-18(20)13-2-1-4-15-14(13)17-7-5-16(6-8-17)10-12-3-9-21-11-12/h1-4,9,11H,5-8,10H2. The Morgan fingerprint density at radius 3 is 2.76 bits per heavy atom. The van der Waals surface area contributed by atoms with Gasteiger partial charge >= 0.3 is 5.69 Å².